The second kappa shape index (κ2) is 45.9. The van der Waals surface area contributed by atoms with Gasteiger partial charge in [0.15, 0.2) is 6.10 Å². The fourth-order valence-electron chi connectivity index (χ4n) is 7.99. The molecule has 0 saturated carbocycles. The molecule has 0 aliphatic heterocycles. The van der Waals surface area contributed by atoms with Crippen LogP contribution >= 0.6 is 0 Å². The Hall–Kier alpha value is -1.59. The van der Waals surface area contributed by atoms with Crippen LogP contribution in [0.15, 0.2) is 0 Å². The highest BCUT2D eigenvalue weighted by Crippen LogP contribution is 2.17. The van der Waals surface area contributed by atoms with E-state index in [1.165, 1.54) is 180 Å². The molecule has 0 aliphatic rings. The van der Waals surface area contributed by atoms with Gasteiger partial charge in [-0.15, -0.1) is 0 Å². The van der Waals surface area contributed by atoms with E-state index in [4.69, 9.17) is 14.2 Å². The lowest BCUT2D eigenvalue weighted by molar-refractivity contribution is -0.167. The molecule has 0 aliphatic carbocycles. The average molecular weight is 835 g/mol. The SMILES string of the molecule is CCCCCCCCCCCCCCCCCC(=O)O[C@@H](COC(=O)CCCCCCCCCCCCCCCC(C)C)COC(=O)CCCCCCCCCC(C)C. The van der Waals surface area contributed by atoms with E-state index in [9.17, 15) is 14.4 Å². The first-order valence-corrected chi connectivity index (χ1v) is 26.2. The van der Waals surface area contributed by atoms with Gasteiger partial charge in [0.25, 0.3) is 0 Å². The highest BCUT2D eigenvalue weighted by Gasteiger charge is 2.19. The molecule has 6 heteroatoms. The summed E-state index contributed by atoms with van der Waals surface area (Å²) in [6.07, 6.45) is 46.7. The molecule has 0 heterocycles. The van der Waals surface area contributed by atoms with E-state index in [-0.39, 0.29) is 31.1 Å². The molecule has 0 radical (unpaired) electrons. The Morgan fingerprint density at radius 2 is 0.559 bits per heavy atom. The van der Waals surface area contributed by atoms with Gasteiger partial charge in [0.05, 0.1) is 0 Å². The van der Waals surface area contributed by atoms with E-state index < -0.39 is 6.10 Å². The first kappa shape index (κ1) is 57.4. The van der Waals surface area contributed by atoms with Crippen molar-refractivity contribution in [2.45, 2.75) is 298 Å². The van der Waals surface area contributed by atoms with Crippen LogP contribution in [0.5, 0.6) is 0 Å². The fourth-order valence-corrected chi connectivity index (χ4v) is 7.99. The zero-order valence-electron chi connectivity index (χ0n) is 40.4. The summed E-state index contributed by atoms with van der Waals surface area (Å²) in [5.74, 6) is 0.772. The maximum atomic E-state index is 12.8. The topological polar surface area (TPSA) is 78.9 Å². The summed E-state index contributed by atoms with van der Waals surface area (Å²) >= 11 is 0. The lowest BCUT2D eigenvalue weighted by Crippen LogP contribution is -2.30. The van der Waals surface area contributed by atoms with Crippen molar-refractivity contribution >= 4 is 17.9 Å². The van der Waals surface area contributed by atoms with Crippen LogP contribution in [0.1, 0.15) is 291 Å². The Morgan fingerprint density at radius 1 is 0.322 bits per heavy atom. The molecule has 350 valence electrons. The number of esters is 3. The number of hydrogen-bond donors (Lipinski definition) is 0. The predicted molar refractivity (Wildman–Crippen MR) is 252 cm³/mol. The van der Waals surface area contributed by atoms with Gasteiger partial charge in [-0.2, -0.15) is 0 Å². The number of hydrogen-bond acceptors (Lipinski definition) is 6. The molecule has 0 unspecified atom stereocenters. The van der Waals surface area contributed by atoms with Crippen LogP contribution in [0.3, 0.4) is 0 Å². The van der Waals surface area contributed by atoms with E-state index in [1.807, 2.05) is 0 Å². The van der Waals surface area contributed by atoms with Crippen molar-refractivity contribution in [2.24, 2.45) is 11.8 Å². The van der Waals surface area contributed by atoms with Gasteiger partial charge < -0.3 is 14.2 Å². The largest absolute Gasteiger partial charge is 0.462 e. The number of carbonyl (C=O) groups excluding carboxylic acids is 3. The molecule has 0 aromatic rings. The number of unbranched alkanes of at least 4 members (excludes halogenated alkanes) is 32. The molecule has 1 atom stereocenters. The summed E-state index contributed by atoms with van der Waals surface area (Å²) in [7, 11) is 0. The first-order chi connectivity index (χ1) is 28.7. The van der Waals surface area contributed by atoms with Crippen molar-refractivity contribution in [3.63, 3.8) is 0 Å². The molecule has 0 aromatic heterocycles. The van der Waals surface area contributed by atoms with Crippen LogP contribution in [-0.4, -0.2) is 37.2 Å². The highest BCUT2D eigenvalue weighted by atomic mass is 16.6. The van der Waals surface area contributed by atoms with E-state index >= 15 is 0 Å². The summed E-state index contributed by atoms with van der Waals surface area (Å²) in [5.41, 5.74) is 0. The van der Waals surface area contributed by atoms with Gasteiger partial charge in [0, 0.05) is 19.3 Å². The molecule has 0 fully saturated rings. The van der Waals surface area contributed by atoms with Crippen LogP contribution in [0, 0.1) is 11.8 Å². The maximum absolute atomic E-state index is 12.8. The van der Waals surface area contributed by atoms with Crippen molar-refractivity contribution < 1.29 is 28.6 Å². The van der Waals surface area contributed by atoms with E-state index in [2.05, 4.69) is 34.6 Å². The van der Waals surface area contributed by atoms with Gasteiger partial charge >= 0.3 is 17.9 Å². The van der Waals surface area contributed by atoms with E-state index in [0.29, 0.717) is 19.3 Å². The Labute approximate surface area is 368 Å². The third-order valence-electron chi connectivity index (χ3n) is 12.0. The molecule has 0 spiro atoms. The number of carbonyl (C=O) groups is 3. The fraction of sp³-hybridized carbons (Fsp3) is 0.943. The van der Waals surface area contributed by atoms with Gasteiger partial charge in [0.2, 0.25) is 0 Å². The highest BCUT2D eigenvalue weighted by molar-refractivity contribution is 5.71. The van der Waals surface area contributed by atoms with Crippen LogP contribution in [0.25, 0.3) is 0 Å². The zero-order valence-corrected chi connectivity index (χ0v) is 40.4. The molecule has 59 heavy (non-hydrogen) atoms. The van der Waals surface area contributed by atoms with Crippen LogP contribution in [0.2, 0.25) is 0 Å². The van der Waals surface area contributed by atoms with E-state index in [1.54, 1.807) is 0 Å². The monoisotopic (exact) mass is 835 g/mol. The van der Waals surface area contributed by atoms with Crippen LogP contribution in [-0.2, 0) is 28.6 Å². The summed E-state index contributed by atoms with van der Waals surface area (Å²) in [4.78, 5) is 37.9. The van der Waals surface area contributed by atoms with E-state index in [0.717, 1.165) is 69.6 Å². The summed E-state index contributed by atoms with van der Waals surface area (Å²) in [6, 6.07) is 0. The van der Waals surface area contributed by atoms with Gasteiger partial charge in [-0.05, 0) is 31.1 Å². The molecule has 0 N–H and O–H groups in total. The van der Waals surface area contributed by atoms with Crippen molar-refractivity contribution in [3.05, 3.63) is 0 Å². The molecular weight excluding hydrogens is 733 g/mol. The first-order valence-electron chi connectivity index (χ1n) is 26.2. The third kappa shape index (κ3) is 47.3. The molecule has 0 saturated heterocycles. The second-order valence-electron chi connectivity index (χ2n) is 19.1. The molecule has 6 nitrogen and oxygen atoms in total. The average Bonchev–Trinajstić information content (AvgIpc) is 3.20. The van der Waals surface area contributed by atoms with Gasteiger partial charge in [0.1, 0.15) is 13.2 Å². The quantitative estimate of drug-likeness (QED) is 0.0345. The summed E-state index contributed by atoms with van der Waals surface area (Å²) < 4.78 is 16.8. The van der Waals surface area contributed by atoms with Crippen molar-refractivity contribution in [1.82, 2.24) is 0 Å². The smallest absolute Gasteiger partial charge is 0.306 e. The standard InChI is InChI=1S/C53H102O6/c1-6-7-8-9-10-11-12-13-14-17-21-24-29-35-40-45-53(56)59-50(47-58-52(55)44-39-34-30-25-27-32-37-42-49(4)5)46-57-51(54)43-38-33-28-23-20-18-15-16-19-22-26-31-36-41-48(2)3/h48-50H,6-47H2,1-5H3/t50-/m0/s1. The van der Waals surface area contributed by atoms with Crippen molar-refractivity contribution in [1.29, 1.82) is 0 Å². The van der Waals surface area contributed by atoms with Gasteiger partial charge in [-0.1, -0.05) is 253 Å². The minimum absolute atomic E-state index is 0.0640. The van der Waals surface area contributed by atoms with Gasteiger partial charge in [-0.25, -0.2) is 0 Å². The van der Waals surface area contributed by atoms with Gasteiger partial charge in [-0.3, -0.25) is 14.4 Å². The molecular formula is C53H102O6. The van der Waals surface area contributed by atoms with Crippen molar-refractivity contribution in [3.8, 4) is 0 Å². The molecule has 0 aromatic carbocycles. The Kier molecular flexibility index (Phi) is 44.7. The molecule has 0 rings (SSSR count). The summed E-state index contributed by atoms with van der Waals surface area (Å²) in [5, 5.41) is 0. The Morgan fingerprint density at radius 3 is 0.831 bits per heavy atom. The Balaban J connectivity index is 4.28. The Bertz CT molecular complexity index is 900. The number of ether oxygens (including phenoxy) is 3. The second-order valence-corrected chi connectivity index (χ2v) is 19.1. The predicted octanol–water partition coefficient (Wildman–Crippen LogP) is 16.9. The number of rotatable bonds is 47. The third-order valence-corrected chi connectivity index (χ3v) is 12.0. The lowest BCUT2D eigenvalue weighted by Gasteiger charge is -2.18. The van der Waals surface area contributed by atoms with Crippen molar-refractivity contribution in [2.75, 3.05) is 13.2 Å². The molecule has 0 bridgehead atoms. The maximum Gasteiger partial charge on any atom is 0.306 e. The normalized spacial score (nSPS) is 12.1. The minimum atomic E-state index is -0.762. The van der Waals surface area contributed by atoms with Crippen LogP contribution < -0.4 is 0 Å². The molecule has 0 amide bonds. The van der Waals surface area contributed by atoms with Crippen LogP contribution in [0.4, 0.5) is 0 Å². The zero-order chi connectivity index (χ0) is 43.3. The minimum Gasteiger partial charge on any atom is -0.462 e. The summed E-state index contributed by atoms with van der Waals surface area (Å²) in [6.45, 7) is 11.3. The lowest BCUT2D eigenvalue weighted by atomic mass is 10.0.